The second kappa shape index (κ2) is 7.99. The van der Waals surface area contributed by atoms with Gasteiger partial charge in [0.05, 0.1) is 6.04 Å². The molecule has 0 aliphatic heterocycles. The number of nitrogens with one attached hydrogen (secondary N) is 2. The van der Waals surface area contributed by atoms with Crippen molar-refractivity contribution < 1.29 is 0 Å². The van der Waals surface area contributed by atoms with Gasteiger partial charge >= 0.3 is 0 Å². The van der Waals surface area contributed by atoms with Gasteiger partial charge in [-0.3, -0.25) is 0 Å². The Bertz CT molecular complexity index is 819. The van der Waals surface area contributed by atoms with Crippen LogP contribution in [0.4, 0.5) is 11.8 Å². The number of anilines is 2. The van der Waals surface area contributed by atoms with E-state index in [-0.39, 0.29) is 6.04 Å². The van der Waals surface area contributed by atoms with E-state index in [2.05, 4.69) is 39.7 Å². The van der Waals surface area contributed by atoms with Crippen LogP contribution in [-0.4, -0.2) is 9.97 Å². The molecule has 0 aliphatic rings. The van der Waals surface area contributed by atoms with Gasteiger partial charge in [0.1, 0.15) is 5.82 Å². The van der Waals surface area contributed by atoms with Gasteiger partial charge in [-0.1, -0.05) is 54.1 Å². The second-order valence-corrected chi connectivity index (χ2v) is 6.41. The molecule has 1 atom stereocenters. The molecule has 2 N–H and O–H groups in total. The summed E-state index contributed by atoms with van der Waals surface area (Å²) in [5, 5.41) is 7.44. The van der Waals surface area contributed by atoms with Crippen molar-refractivity contribution in [2.45, 2.75) is 26.4 Å². The average molecular weight is 353 g/mol. The quantitative estimate of drug-likeness (QED) is 0.638. The topological polar surface area (TPSA) is 49.8 Å². The van der Waals surface area contributed by atoms with Crippen LogP contribution in [-0.2, 0) is 6.54 Å². The van der Waals surface area contributed by atoms with Crippen molar-refractivity contribution in [1.29, 1.82) is 0 Å². The lowest BCUT2D eigenvalue weighted by atomic mass is 10.1. The van der Waals surface area contributed by atoms with Gasteiger partial charge in [-0.2, -0.15) is 4.98 Å². The van der Waals surface area contributed by atoms with Crippen LogP contribution in [0.3, 0.4) is 0 Å². The summed E-state index contributed by atoms with van der Waals surface area (Å²) in [5.74, 6) is 1.42. The van der Waals surface area contributed by atoms with Crippen LogP contribution in [0.25, 0.3) is 0 Å². The SMILES string of the molecule is Cc1cc(NCc2ccc(Cl)cc2)nc(NC(C)c2ccccc2)n1. The van der Waals surface area contributed by atoms with E-state index in [0.29, 0.717) is 12.5 Å². The van der Waals surface area contributed by atoms with Gasteiger partial charge in [-0.25, -0.2) is 4.98 Å². The molecule has 0 amide bonds. The van der Waals surface area contributed by atoms with E-state index in [4.69, 9.17) is 11.6 Å². The summed E-state index contributed by atoms with van der Waals surface area (Å²) in [6, 6.07) is 20.1. The Morgan fingerprint density at radius 3 is 2.44 bits per heavy atom. The minimum absolute atomic E-state index is 0.132. The summed E-state index contributed by atoms with van der Waals surface area (Å²) in [4.78, 5) is 9.06. The predicted molar refractivity (Wildman–Crippen MR) is 104 cm³/mol. The number of aryl methyl sites for hydroxylation is 1. The zero-order valence-electron chi connectivity index (χ0n) is 14.3. The first kappa shape index (κ1) is 17.2. The van der Waals surface area contributed by atoms with Gasteiger partial charge in [0.2, 0.25) is 5.95 Å². The molecule has 25 heavy (non-hydrogen) atoms. The minimum Gasteiger partial charge on any atom is -0.366 e. The van der Waals surface area contributed by atoms with E-state index in [1.807, 2.05) is 55.5 Å². The summed E-state index contributed by atoms with van der Waals surface area (Å²) >= 11 is 5.92. The highest BCUT2D eigenvalue weighted by Gasteiger charge is 2.08. The number of aromatic nitrogens is 2. The maximum Gasteiger partial charge on any atom is 0.225 e. The standard InChI is InChI=1S/C20H21ClN4/c1-14-12-19(22-13-16-8-10-18(21)11-9-16)25-20(23-14)24-15(2)17-6-4-3-5-7-17/h3-12,15H,13H2,1-2H3,(H2,22,23,24,25). The van der Waals surface area contributed by atoms with E-state index >= 15 is 0 Å². The monoisotopic (exact) mass is 352 g/mol. The van der Waals surface area contributed by atoms with Gasteiger partial charge in [0.15, 0.2) is 0 Å². The third-order valence-corrected chi connectivity index (χ3v) is 4.14. The van der Waals surface area contributed by atoms with Crippen LogP contribution < -0.4 is 10.6 Å². The van der Waals surface area contributed by atoms with E-state index in [1.165, 1.54) is 5.56 Å². The van der Waals surface area contributed by atoms with Crippen molar-refractivity contribution in [3.8, 4) is 0 Å². The Labute approximate surface area is 153 Å². The highest BCUT2D eigenvalue weighted by molar-refractivity contribution is 6.30. The zero-order chi connectivity index (χ0) is 17.6. The molecule has 4 nitrogen and oxygen atoms in total. The summed E-state index contributed by atoms with van der Waals surface area (Å²) < 4.78 is 0. The highest BCUT2D eigenvalue weighted by atomic mass is 35.5. The summed E-state index contributed by atoms with van der Waals surface area (Å²) in [5.41, 5.74) is 3.26. The van der Waals surface area contributed by atoms with Crippen molar-refractivity contribution >= 4 is 23.4 Å². The Morgan fingerprint density at radius 2 is 1.72 bits per heavy atom. The molecule has 0 radical (unpaired) electrons. The Hall–Kier alpha value is -2.59. The van der Waals surface area contributed by atoms with Gasteiger partial charge in [-0.15, -0.1) is 0 Å². The third-order valence-electron chi connectivity index (χ3n) is 3.89. The summed E-state index contributed by atoms with van der Waals surface area (Å²) in [6.07, 6.45) is 0. The predicted octanol–water partition coefficient (Wildman–Crippen LogP) is 5.22. The molecule has 128 valence electrons. The van der Waals surface area contributed by atoms with Crippen LogP contribution >= 0.6 is 11.6 Å². The molecule has 0 saturated carbocycles. The van der Waals surface area contributed by atoms with Crippen LogP contribution in [0.2, 0.25) is 5.02 Å². The molecule has 2 aromatic carbocycles. The first-order valence-electron chi connectivity index (χ1n) is 8.25. The maximum atomic E-state index is 5.92. The number of hydrogen-bond donors (Lipinski definition) is 2. The number of nitrogens with zero attached hydrogens (tertiary/aromatic N) is 2. The van der Waals surface area contributed by atoms with Crippen molar-refractivity contribution in [3.63, 3.8) is 0 Å². The normalized spacial score (nSPS) is 11.8. The fourth-order valence-electron chi connectivity index (χ4n) is 2.54. The fraction of sp³-hybridized carbons (Fsp3) is 0.200. The third kappa shape index (κ3) is 4.94. The molecule has 3 rings (SSSR count). The molecule has 0 aliphatic carbocycles. The minimum atomic E-state index is 0.132. The van der Waals surface area contributed by atoms with Gasteiger partial charge in [-0.05, 0) is 37.1 Å². The van der Waals surface area contributed by atoms with Gasteiger partial charge < -0.3 is 10.6 Å². The van der Waals surface area contributed by atoms with Crippen molar-refractivity contribution in [1.82, 2.24) is 9.97 Å². The van der Waals surface area contributed by atoms with Gasteiger partial charge in [0, 0.05) is 23.3 Å². The molecule has 0 spiro atoms. The van der Waals surface area contributed by atoms with E-state index in [9.17, 15) is 0 Å². The van der Waals surface area contributed by atoms with Gasteiger partial charge in [0.25, 0.3) is 0 Å². The second-order valence-electron chi connectivity index (χ2n) is 5.97. The summed E-state index contributed by atoms with van der Waals surface area (Å²) in [7, 11) is 0. The van der Waals surface area contributed by atoms with Crippen LogP contribution in [0, 0.1) is 6.92 Å². The molecule has 5 heteroatoms. The lowest BCUT2D eigenvalue weighted by molar-refractivity contribution is 0.856. The van der Waals surface area contributed by atoms with E-state index in [1.54, 1.807) is 0 Å². The Morgan fingerprint density at radius 1 is 1.00 bits per heavy atom. The van der Waals surface area contributed by atoms with Crippen molar-refractivity contribution in [3.05, 3.63) is 82.5 Å². The van der Waals surface area contributed by atoms with Crippen molar-refractivity contribution in [2.75, 3.05) is 10.6 Å². The van der Waals surface area contributed by atoms with Crippen LogP contribution in [0.1, 0.15) is 29.8 Å². The first-order chi connectivity index (χ1) is 12.1. The van der Waals surface area contributed by atoms with E-state index in [0.717, 1.165) is 22.1 Å². The summed E-state index contributed by atoms with van der Waals surface area (Å²) in [6.45, 7) is 4.75. The lowest BCUT2D eigenvalue weighted by Crippen LogP contribution is -2.11. The molecular formula is C20H21ClN4. The molecule has 3 aromatic rings. The average Bonchev–Trinajstić information content (AvgIpc) is 2.61. The number of hydrogen-bond acceptors (Lipinski definition) is 4. The lowest BCUT2D eigenvalue weighted by Gasteiger charge is -2.15. The largest absolute Gasteiger partial charge is 0.366 e. The number of benzene rings is 2. The molecule has 0 fully saturated rings. The number of rotatable bonds is 6. The zero-order valence-corrected chi connectivity index (χ0v) is 15.1. The smallest absolute Gasteiger partial charge is 0.225 e. The Balaban J connectivity index is 1.68. The molecule has 1 heterocycles. The van der Waals surface area contributed by atoms with E-state index < -0.39 is 0 Å². The molecule has 0 bridgehead atoms. The van der Waals surface area contributed by atoms with Crippen LogP contribution in [0.5, 0.6) is 0 Å². The molecule has 1 unspecified atom stereocenters. The molecular weight excluding hydrogens is 332 g/mol. The fourth-order valence-corrected chi connectivity index (χ4v) is 2.66. The molecule has 1 aromatic heterocycles. The maximum absolute atomic E-state index is 5.92. The van der Waals surface area contributed by atoms with Crippen molar-refractivity contribution in [2.24, 2.45) is 0 Å². The highest BCUT2D eigenvalue weighted by Crippen LogP contribution is 2.18. The van der Waals surface area contributed by atoms with Crippen LogP contribution in [0.15, 0.2) is 60.7 Å². The Kier molecular flexibility index (Phi) is 5.51. The first-order valence-corrected chi connectivity index (χ1v) is 8.63. The molecule has 0 saturated heterocycles. The number of halogens is 1.